The van der Waals surface area contributed by atoms with Crippen LogP contribution in [0, 0.1) is 0 Å². The van der Waals surface area contributed by atoms with Crippen LogP contribution in [0.1, 0.15) is 32.3 Å². The van der Waals surface area contributed by atoms with Gasteiger partial charge < -0.3 is 5.32 Å². The summed E-state index contributed by atoms with van der Waals surface area (Å²) in [5, 5.41) is 6.12. The molecule has 1 aromatic carbocycles. The third kappa shape index (κ3) is 5.38. The SMILES string of the molecule is CCCNC(Cc1cccc(Cl)c1)C1SCCSC1CC. The first-order valence-electron chi connectivity index (χ1n) is 7.95. The van der Waals surface area contributed by atoms with Crippen molar-refractivity contribution >= 4 is 35.1 Å². The molecule has 1 saturated heterocycles. The highest BCUT2D eigenvalue weighted by atomic mass is 35.5. The van der Waals surface area contributed by atoms with Crippen molar-refractivity contribution in [1.29, 1.82) is 0 Å². The number of hydrogen-bond donors (Lipinski definition) is 1. The maximum atomic E-state index is 6.14. The smallest absolute Gasteiger partial charge is 0.0408 e. The number of nitrogens with one attached hydrogen (secondary N) is 1. The van der Waals surface area contributed by atoms with Gasteiger partial charge in [0, 0.05) is 33.1 Å². The van der Waals surface area contributed by atoms with Gasteiger partial charge in [-0.3, -0.25) is 0 Å². The number of rotatable bonds is 7. The van der Waals surface area contributed by atoms with Gasteiger partial charge in [-0.15, -0.1) is 0 Å². The van der Waals surface area contributed by atoms with E-state index >= 15 is 0 Å². The molecule has 0 spiro atoms. The van der Waals surface area contributed by atoms with E-state index in [0.717, 1.165) is 23.2 Å². The van der Waals surface area contributed by atoms with Crippen molar-refractivity contribution in [3.8, 4) is 0 Å². The van der Waals surface area contributed by atoms with Crippen molar-refractivity contribution in [3.05, 3.63) is 34.9 Å². The van der Waals surface area contributed by atoms with E-state index in [1.54, 1.807) is 0 Å². The van der Waals surface area contributed by atoms with E-state index in [2.05, 4.69) is 60.9 Å². The Morgan fingerprint density at radius 1 is 1.29 bits per heavy atom. The monoisotopic (exact) mass is 343 g/mol. The molecule has 0 bridgehead atoms. The number of hydrogen-bond acceptors (Lipinski definition) is 3. The Labute approximate surface area is 143 Å². The second kappa shape index (κ2) is 9.34. The van der Waals surface area contributed by atoms with E-state index in [1.165, 1.54) is 29.9 Å². The number of thioether (sulfide) groups is 2. The molecule has 21 heavy (non-hydrogen) atoms. The third-order valence-electron chi connectivity index (χ3n) is 3.89. The Balaban J connectivity index is 2.09. The quantitative estimate of drug-likeness (QED) is 0.757. The van der Waals surface area contributed by atoms with Crippen LogP contribution in [0.15, 0.2) is 24.3 Å². The van der Waals surface area contributed by atoms with Crippen molar-refractivity contribution in [1.82, 2.24) is 5.32 Å². The summed E-state index contributed by atoms with van der Waals surface area (Å²) in [6, 6.07) is 8.89. The molecule has 0 amide bonds. The Kier molecular flexibility index (Phi) is 7.79. The van der Waals surface area contributed by atoms with Gasteiger partial charge in [0.25, 0.3) is 0 Å². The zero-order chi connectivity index (χ0) is 15.1. The Hall–Kier alpha value is 0.170. The van der Waals surface area contributed by atoms with Gasteiger partial charge in [-0.05, 0) is 43.5 Å². The van der Waals surface area contributed by atoms with Crippen molar-refractivity contribution < 1.29 is 0 Å². The lowest BCUT2D eigenvalue weighted by molar-refractivity contribution is 0.477. The maximum Gasteiger partial charge on any atom is 0.0408 e. The molecule has 3 unspecified atom stereocenters. The zero-order valence-corrected chi connectivity index (χ0v) is 15.4. The van der Waals surface area contributed by atoms with Crippen molar-refractivity contribution in [3.63, 3.8) is 0 Å². The molecule has 3 atom stereocenters. The maximum absolute atomic E-state index is 6.14. The first-order chi connectivity index (χ1) is 10.2. The fourth-order valence-corrected chi connectivity index (χ4v) is 6.34. The average molecular weight is 344 g/mol. The molecule has 1 fully saturated rings. The first-order valence-corrected chi connectivity index (χ1v) is 10.4. The van der Waals surface area contributed by atoms with Crippen molar-refractivity contribution in [2.45, 2.75) is 49.7 Å². The predicted molar refractivity (Wildman–Crippen MR) is 100 cm³/mol. The molecule has 1 aromatic rings. The van der Waals surface area contributed by atoms with Crippen LogP contribution in [0.5, 0.6) is 0 Å². The van der Waals surface area contributed by atoms with Crippen LogP contribution in [0.25, 0.3) is 0 Å². The van der Waals surface area contributed by atoms with Crippen LogP contribution in [0.2, 0.25) is 5.02 Å². The second-order valence-corrected chi connectivity index (χ2v) is 8.62. The molecule has 1 N–H and O–H groups in total. The van der Waals surface area contributed by atoms with Gasteiger partial charge >= 0.3 is 0 Å². The van der Waals surface area contributed by atoms with Gasteiger partial charge in [-0.1, -0.05) is 37.6 Å². The molecule has 0 aromatic heterocycles. The van der Waals surface area contributed by atoms with Crippen LogP contribution >= 0.6 is 35.1 Å². The normalized spacial score (nSPS) is 24.0. The molecule has 4 heteroatoms. The fourth-order valence-electron chi connectivity index (χ4n) is 2.86. The van der Waals surface area contributed by atoms with Crippen LogP contribution < -0.4 is 5.32 Å². The summed E-state index contributed by atoms with van der Waals surface area (Å²) < 4.78 is 0. The summed E-state index contributed by atoms with van der Waals surface area (Å²) in [6.45, 7) is 5.67. The summed E-state index contributed by atoms with van der Waals surface area (Å²) in [4.78, 5) is 0. The standard InChI is InChI=1S/C17H26ClNS2/c1-3-8-19-15(12-13-6-5-7-14(18)11-13)17-16(4-2)20-9-10-21-17/h5-7,11,15-17,19H,3-4,8-10,12H2,1-2H3. The minimum Gasteiger partial charge on any atom is -0.313 e. The lowest BCUT2D eigenvalue weighted by Crippen LogP contribution is -2.46. The largest absolute Gasteiger partial charge is 0.313 e. The molecule has 2 rings (SSSR count). The van der Waals surface area contributed by atoms with Gasteiger partial charge in [-0.25, -0.2) is 0 Å². The highest BCUT2D eigenvalue weighted by Crippen LogP contribution is 2.36. The van der Waals surface area contributed by atoms with Crippen molar-refractivity contribution in [2.24, 2.45) is 0 Å². The highest BCUT2D eigenvalue weighted by molar-refractivity contribution is 8.07. The minimum atomic E-state index is 0.547. The van der Waals surface area contributed by atoms with Crippen LogP contribution in [-0.4, -0.2) is 34.6 Å². The molecule has 118 valence electrons. The van der Waals surface area contributed by atoms with Gasteiger partial charge in [-0.2, -0.15) is 23.5 Å². The van der Waals surface area contributed by atoms with Gasteiger partial charge in [0.05, 0.1) is 0 Å². The van der Waals surface area contributed by atoms with Crippen LogP contribution in [-0.2, 0) is 6.42 Å². The van der Waals surface area contributed by atoms with E-state index in [1.807, 2.05) is 6.07 Å². The molecule has 1 nitrogen and oxygen atoms in total. The molecule has 0 saturated carbocycles. The second-order valence-electron chi connectivity index (χ2n) is 5.55. The predicted octanol–water partition coefficient (Wildman–Crippen LogP) is 4.88. The van der Waals surface area contributed by atoms with E-state index in [9.17, 15) is 0 Å². The minimum absolute atomic E-state index is 0.547. The lowest BCUT2D eigenvalue weighted by atomic mass is 10.00. The van der Waals surface area contributed by atoms with Crippen LogP contribution in [0.3, 0.4) is 0 Å². The average Bonchev–Trinajstić information content (AvgIpc) is 2.51. The number of benzene rings is 1. The lowest BCUT2D eigenvalue weighted by Gasteiger charge is -2.36. The molecule has 1 heterocycles. The summed E-state index contributed by atoms with van der Waals surface area (Å²) >= 11 is 10.5. The first kappa shape index (κ1) is 17.5. The summed E-state index contributed by atoms with van der Waals surface area (Å²) in [7, 11) is 0. The molecular formula is C17H26ClNS2. The van der Waals surface area contributed by atoms with Gasteiger partial charge in [0.1, 0.15) is 0 Å². The zero-order valence-electron chi connectivity index (χ0n) is 13.0. The van der Waals surface area contributed by atoms with Crippen LogP contribution in [0.4, 0.5) is 0 Å². The fraction of sp³-hybridized carbons (Fsp3) is 0.647. The summed E-state index contributed by atoms with van der Waals surface area (Å²) in [5.74, 6) is 2.59. The Bertz CT molecular complexity index is 427. The summed E-state index contributed by atoms with van der Waals surface area (Å²) in [6.07, 6.45) is 3.53. The molecule has 0 radical (unpaired) electrons. The molecule has 0 aliphatic carbocycles. The topological polar surface area (TPSA) is 12.0 Å². The van der Waals surface area contributed by atoms with E-state index in [-0.39, 0.29) is 0 Å². The summed E-state index contributed by atoms with van der Waals surface area (Å²) in [5.41, 5.74) is 1.35. The third-order valence-corrected chi connectivity index (χ3v) is 7.53. The van der Waals surface area contributed by atoms with Gasteiger partial charge in [0.2, 0.25) is 0 Å². The van der Waals surface area contributed by atoms with E-state index in [0.29, 0.717) is 11.3 Å². The van der Waals surface area contributed by atoms with E-state index in [4.69, 9.17) is 11.6 Å². The molecule has 1 aliphatic heterocycles. The molecular weight excluding hydrogens is 318 g/mol. The Morgan fingerprint density at radius 3 is 2.81 bits per heavy atom. The molecule has 1 aliphatic rings. The number of halogens is 1. The van der Waals surface area contributed by atoms with E-state index < -0.39 is 0 Å². The Morgan fingerprint density at radius 2 is 2.10 bits per heavy atom. The van der Waals surface area contributed by atoms with Crippen molar-refractivity contribution in [2.75, 3.05) is 18.1 Å². The highest BCUT2D eigenvalue weighted by Gasteiger charge is 2.31. The van der Waals surface area contributed by atoms with Gasteiger partial charge in [0.15, 0.2) is 0 Å².